The number of nitrogens with zero attached hydrogens (tertiary/aromatic N) is 1. The van der Waals surface area contributed by atoms with E-state index in [-0.39, 0.29) is 12.1 Å². The van der Waals surface area contributed by atoms with Gasteiger partial charge in [0, 0.05) is 17.7 Å². The number of ether oxygens (including phenoxy) is 2. The molecule has 0 unspecified atom stereocenters. The summed E-state index contributed by atoms with van der Waals surface area (Å²) in [6.07, 6.45) is 0.672. The Morgan fingerprint density at radius 2 is 2.04 bits per heavy atom. The van der Waals surface area contributed by atoms with Gasteiger partial charge in [-0.25, -0.2) is 4.79 Å². The number of hydrogen-bond acceptors (Lipinski definition) is 3. The van der Waals surface area contributed by atoms with Crippen LogP contribution in [0.2, 0.25) is 0 Å². The van der Waals surface area contributed by atoms with Crippen LogP contribution in [0.15, 0.2) is 36.4 Å². The molecule has 1 fully saturated rings. The monoisotopic (exact) mass is 338 g/mol. The molecule has 2 atom stereocenters. The van der Waals surface area contributed by atoms with E-state index in [1.807, 2.05) is 50.2 Å². The predicted molar refractivity (Wildman–Crippen MR) is 96.3 cm³/mol. The molecule has 2 heterocycles. The van der Waals surface area contributed by atoms with Gasteiger partial charge < -0.3 is 14.8 Å². The third-order valence-corrected chi connectivity index (χ3v) is 5.23. The molecule has 2 aromatic rings. The minimum Gasteiger partial charge on any atom is -0.493 e. The van der Waals surface area contributed by atoms with Gasteiger partial charge in [0.15, 0.2) is 17.2 Å². The van der Waals surface area contributed by atoms with E-state index in [0.29, 0.717) is 17.9 Å². The van der Waals surface area contributed by atoms with Crippen LogP contribution in [0.1, 0.15) is 36.1 Å². The number of urea groups is 1. The van der Waals surface area contributed by atoms with E-state index in [2.05, 4.69) is 12.2 Å². The summed E-state index contributed by atoms with van der Waals surface area (Å²) in [7, 11) is 1.63. The number of rotatable bonds is 2. The van der Waals surface area contributed by atoms with Crippen LogP contribution >= 0.6 is 0 Å². The lowest BCUT2D eigenvalue weighted by Crippen LogP contribution is -2.65. The first-order valence-corrected chi connectivity index (χ1v) is 8.47. The van der Waals surface area contributed by atoms with E-state index in [1.165, 1.54) is 5.56 Å². The molecule has 130 valence electrons. The fourth-order valence-corrected chi connectivity index (χ4v) is 3.78. The molecule has 2 bridgehead atoms. The Bertz CT molecular complexity index is 864. The Hall–Kier alpha value is -2.69. The number of carbonyl (C=O) groups excluding carboxylic acids is 1. The van der Waals surface area contributed by atoms with E-state index in [0.717, 1.165) is 16.8 Å². The van der Waals surface area contributed by atoms with Crippen LogP contribution in [0.25, 0.3) is 0 Å². The van der Waals surface area contributed by atoms with E-state index in [4.69, 9.17) is 9.47 Å². The van der Waals surface area contributed by atoms with Gasteiger partial charge in [0.25, 0.3) is 0 Å². The number of hydrogen-bond donors (Lipinski definition) is 1. The second kappa shape index (κ2) is 5.41. The summed E-state index contributed by atoms with van der Waals surface area (Å²) in [5, 5.41) is 3.11. The minimum absolute atomic E-state index is 0.0841. The number of amides is 2. The number of anilines is 1. The summed E-state index contributed by atoms with van der Waals surface area (Å²) in [6, 6.07) is 11.6. The number of para-hydroxylation sites is 1. The highest BCUT2D eigenvalue weighted by Crippen LogP contribution is 2.49. The Balaban J connectivity index is 1.82. The number of benzene rings is 2. The maximum Gasteiger partial charge on any atom is 0.325 e. The summed E-state index contributed by atoms with van der Waals surface area (Å²) in [5.41, 5.74) is 3.37. The molecule has 0 radical (unpaired) electrons. The molecule has 0 aliphatic carbocycles. The van der Waals surface area contributed by atoms with Crippen molar-refractivity contribution in [2.75, 3.05) is 12.0 Å². The van der Waals surface area contributed by atoms with Gasteiger partial charge in [-0.05, 0) is 50.1 Å². The molecular weight excluding hydrogens is 316 g/mol. The third-order valence-electron chi connectivity index (χ3n) is 5.23. The summed E-state index contributed by atoms with van der Waals surface area (Å²) >= 11 is 0. The van der Waals surface area contributed by atoms with Crippen LogP contribution in [0.3, 0.4) is 0 Å². The van der Waals surface area contributed by atoms with Crippen LogP contribution in [0, 0.1) is 13.8 Å². The fraction of sp³-hybridized carbons (Fsp3) is 0.350. The van der Waals surface area contributed by atoms with Gasteiger partial charge in [-0.1, -0.05) is 18.2 Å². The van der Waals surface area contributed by atoms with Gasteiger partial charge >= 0.3 is 6.03 Å². The molecule has 0 spiro atoms. The lowest BCUT2D eigenvalue weighted by molar-refractivity contribution is 0.0349. The molecule has 1 N–H and O–H groups in total. The van der Waals surface area contributed by atoms with Gasteiger partial charge in [0.2, 0.25) is 0 Å². The molecular formula is C20H22N2O3. The van der Waals surface area contributed by atoms with Gasteiger partial charge in [-0.15, -0.1) is 0 Å². The van der Waals surface area contributed by atoms with E-state index >= 15 is 0 Å². The van der Waals surface area contributed by atoms with Gasteiger partial charge in [-0.3, -0.25) is 4.90 Å². The molecule has 2 aromatic carbocycles. The first-order chi connectivity index (χ1) is 11.9. The Morgan fingerprint density at radius 3 is 2.76 bits per heavy atom. The Labute approximate surface area is 147 Å². The van der Waals surface area contributed by atoms with Crippen molar-refractivity contribution >= 4 is 11.7 Å². The standard InChI is InChI=1S/C20H22N2O3/c1-12-8-9-14(10-13(12)2)22-19(23)21-16-11-20(22,3)25-18-15(16)6-5-7-17(18)24-4/h5-10,16H,11H2,1-4H3,(H,21,23)/t16-,20+/m0/s1. The molecule has 0 saturated carbocycles. The average Bonchev–Trinajstić information content (AvgIpc) is 2.57. The van der Waals surface area contributed by atoms with Gasteiger partial charge in [-0.2, -0.15) is 0 Å². The van der Waals surface area contributed by atoms with Crippen LogP contribution in [0.4, 0.5) is 10.5 Å². The molecule has 2 aliphatic rings. The van der Waals surface area contributed by atoms with Crippen molar-refractivity contribution in [2.45, 2.75) is 39.0 Å². The fourth-order valence-electron chi connectivity index (χ4n) is 3.78. The summed E-state index contributed by atoms with van der Waals surface area (Å²) in [5.74, 6) is 1.39. The van der Waals surface area contributed by atoms with Crippen molar-refractivity contribution in [1.82, 2.24) is 5.32 Å². The minimum atomic E-state index is -0.768. The maximum absolute atomic E-state index is 12.9. The van der Waals surface area contributed by atoms with Gasteiger partial charge in [0.1, 0.15) is 0 Å². The molecule has 25 heavy (non-hydrogen) atoms. The van der Waals surface area contributed by atoms with E-state index < -0.39 is 5.72 Å². The number of carbonyl (C=O) groups is 1. The second-order valence-electron chi connectivity index (χ2n) is 6.97. The second-order valence-corrected chi connectivity index (χ2v) is 6.97. The lowest BCUT2D eigenvalue weighted by Gasteiger charge is -2.50. The predicted octanol–water partition coefficient (Wildman–Crippen LogP) is 4.08. The highest BCUT2D eigenvalue weighted by atomic mass is 16.5. The zero-order valence-corrected chi connectivity index (χ0v) is 14.9. The number of aryl methyl sites for hydroxylation is 2. The largest absolute Gasteiger partial charge is 0.493 e. The van der Waals surface area contributed by atoms with Crippen molar-refractivity contribution in [3.05, 3.63) is 53.1 Å². The molecule has 1 saturated heterocycles. The lowest BCUT2D eigenvalue weighted by atomic mass is 9.89. The molecule has 5 nitrogen and oxygen atoms in total. The highest BCUT2D eigenvalue weighted by Gasteiger charge is 2.50. The van der Waals surface area contributed by atoms with Crippen LogP contribution in [-0.2, 0) is 0 Å². The molecule has 5 heteroatoms. The van der Waals surface area contributed by atoms with Crippen molar-refractivity contribution < 1.29 is 14.3 Å². The maximum atomic E-state index is 12.9. The van der Waals surface area contributed by atoms with Gasteiger partial charge in [0.05, 0.1) is 13.2 Å². The van der Waals surface area contributed by atoms with E-state index in [1.54, 1.807) is 12.0 Å². The quantitative estimate of drug-likeness (QED) is 0.897. The SMILES string of the molecule is COc1cccc2c1O[C@]1(C)C[C@@H]2NC(=O)N1c1ccc(C)c(C)c1. The molecule has 2 amide bonds. The number of methoxy groups -OCH3 is 1. The smallest absolute Gasteiger partial charge is 0.325 e. The van der Waals surface area contributed by atoms with Crippen LogP contribution in [0.5, 0.6) is 11.5 Å². The topological polar surface area (TPSA) is 50.8 Å². The zero-order valence-electron chi connectivity index (χ0n) is 14.9. The zero-order chi connectivity index (χ0) is 17.8. The van der Waals surface area contributed by atoms with Crippen LogP contribution in [-0.4, -0.2) is 18.9 Å². The van der Waals surface area contributed by atoms with E-state index in [9.17, 15) is 4.79 Å². The molecule has 2 aliphatic heterocycles. The molecule has 0 aromatic heterocycles. The average molecular weight is 338 g/mol. The first kappa shape index (κ1) is 15.8. The van der Waals surface area contributed by atoms with Crippen molar-refractivity contribution in [3.8, 4) is 11.5 Å². The van der Waals surface area contributed by atoms with Crippen LogP contribution < -0.4 is 19.7 Å². The summed E-state index contributed by atoms with van der Waals surface area (Å²) in [4.78, 5) is 14.6. The van der Waals surface area contributed by atoms with Crippen molar-refractivity contribution in [3.63, 3.8) is 0 Å². The number of nitrogens with one attached hydrogen (secondary N) is 1. The Morgan fingerprint density at radius 1 is 1.24 bits per heavy atom. The molecule has 4 rings (SSSR count). The van der Waals surface area contributed by atoms with Crippen molar-refractivity contribution in [1.29, 1.82) is 0 Å². The third kappa shape index (κ3) is 2.34. The summed E-state index contributed by atoms with van der Waals surface area (Å²) in [6.45, 7) is 6.07. The number of fused-ring (bicyclic) bond motifs is 4. The normalized spacial score (nSPS) is 24.2. The first-order valence-electron chi connectivity index (χ1n) is 8.47. The van der Waals surface area contributed by atoms with Crippen molar-refractivity contribution in [2.24, 2.45) is 0 Å². The Kier molecular flexibility index (Phi) is 3.42. The summed E-state index contributed by atoms with van der Waals surface area (Å²) < 4.78 is 11.8. The highest BCUT2D eigenvalue weighted by molar-refractivity contribution is 5.95.